The number of anilines is 2. The highest BCUT2D eigenvalue weighted by Crippen LogP contribution is 2.26. The first-order chi connectivity index (χ1) is 9.83. The van der Waals surface area contributed by atoms with Crippen molar-refractivity contribution in [3.05, 3.63) is 59.7 Å². The van der Waals surface area contributed by atoms with Crippen molar-refractivity contribution in [2.24, 2.45) is 0 Å². The van der Waals surface area contributed by atoms with Crippen molar-refractivity contribution in [1.82, 2.24) is 0 Å². The van der Waals surface area contributed by atoms with Gasteiger partial charge in [-0.05, 0) is 48.6 Å². The SMILES string of the molecule is CN(CCc1ccccc1)c1ccc2c(c1)CCCN2. The number of benzene rings is 2. The van der Waals surface area contributed by atoms with Crippen LogP contribution in [0.5, 0.6) is 0 Å². The van der Waals surface area contributed by atoms with Crippen LogP contribution in [0.3, 0.4) is 0 Å². The molecule has 0 saturated heterocycles. The lowest BCUT2D eigenvalue weighted by Gasteiger charge is -2.23. The van der Waals surface area contributed by atoms with Crippen LogP contribution in [0.25, 0.3) is 0 Å². The van der Waals surface area contributed by atoms with Crippen molar-refractivity contribution in [3.8, 4) is 0 Å². The summed E-state index contributed by atoms with van der Waals surface area (Å²) in [7, 11) is 2.18. The van der Waals surface area contributed by atoms with Gasteiger partial charge in [-0.1, -0.05) is 30.3 Å². The van der Waals surface area contributed by atoms with E-state index in [-0.39, 0.29) is 0 Å². The highest BCUT2D eigenvalue weighted by Gasteiger charge is 2.10. The summed E-state index contributed by atoms with van der Waals surface area (Å²) in [5.41, 5.74) is 5.50. The number of hydrogen-bond acceptors (Lipinski definition) is 2. The van der Waals surface area contributed by atoms with Crippen LogP contribution in [0.2, 0.25) is 0 Å². The van der Waals surface area contributed by atoms with Gasteiger partial charge in [-0.2, -0.15) is 0 Å². The average molecular weight is 266 g/mol. The van der Waals surface area contributed by atoms with Gasteiger partial charge in [0, 0.05) is 31.5 Å². The van der Waals surface area contributed by atoms with Crippen LogP contribution in [0.15, 0.2) is 48.5 Å². The highest BCUT2D eigenvalue weighted by atomic mass is 15.1. The third-order valence-corrected chi connectivity index (χ3v) is 4.05. The fourth-order valence-electron chi connectivity index (χ4n) is 2.77. The molecule has 0 bridgehead atoms. The van der Waals surface area contributed by atoms with E-state index in [1.54, 1.807) is 0 Å². The number of likely N-dealkylation sites (N-methyl/N-ethyl adjacent to an activating group) is 1. The molecule has 0 amide bonds. The van der Waals surface area contributed by atoms with Gasteiger partial charge in [0.15, 0.2) is 0 Å². The molecule has 0 atom stereocenters. The fourth-order valence-corrected chi connectivity index (χ4v) is 2.77. The lowest BCUT2D eigenvalue weighted by molar-refractivity contribution is 0.825. The van der Waals surface area contributed by atoms with Gasteiger partial charge in [-0.25, -0.2) is 0 Å². The van der Waals surface area contributed by atoms with E-state index in [0.717, 1.165) is 19.5 Å². The Kier molecular flexibility index (Phi) is 3.91. The summed E-state index contributed by atoms with van der Waals surface area (Å²) < 4.78 is 0. The Morgan fingerprint density at radius 1 is 1.10 bits per heavy atom. The second-order valence-corrected chi connectivity index (χ2v) is 5.53. The number of rotatable bonds is 4. The molecule has 0 radical (unpaired) electrons. The smallest absolute Gasteiger partial charge is 0.0374 e. The molecule has 104 valence electrons. The Balaban J connectivity index is 1.66. The highest BCUT2D eigenvalue weighted by molar-refractivity contribution is 5.61. The van der Waals surface area contributed by atoms with Crippen molar-refractivity contribution >= 4 is 11.4 Å². The van der Waals surface area contributed by atoms with Gasteiger partial charge in [-0.15, -0.1) is 0 Å². The first kappa shape index (κ1) is 13.0. The largest absolute Gasteiger partial charge is 0.385 e. The topological polar surface area (TPSA) is 15.3 Å². The zero-order chi connectivity index (χ0) is 13.8. The molecule has 2 heteroatoms. The first-order valence-electron chi connectivity index (χ1n) is 7.45. The predicted octanol–water partition coefficient (Wildman–Crippen LogP) is 3.72. The van der Waals surface area contributed by atoms with E-state index in [2.05, 4.69) is 65.8 Å². The number of hydrogen-bond donors (Lipinski definition) is 1. The maximum absolute atomic E-state index is 3.47. The second-order valence-electron chi connectivity index (χ2n) is 5.53. The van der Waals surface area contributed by atoms with Crippen LogP contribution in [0.1, 0.15) is 17.5 Å². The molecule has 0 unspecified atom stereocenters. The maximum atomic E-state index is 3.47. The van der Waals surface area contributed by atoms with Gasteiger partial charge in [0.1, 0.15) is 0 Å². The molecule has 0 saturated carbocycles. The van der Waals surface area contributed by atoms with Crippen molar-refractivity contribution in [3.63, 3.8) is 0 Å². The summed E-state index contributed by atoms with van der Waals surface area (Å²) >= 11 is 0. The Morgan fingerprint density at radius 2 is 1.95 bits per heavy atom. The van der Waals surface area contributed by atoms with E-state index in [9.17, 15) is 0 Å². The molecule has 1 aliphatic heterocycles. The maximum Gasteiger partial charge on any atom is 0.0374 e. The van der Waals surface area contributed by atoms with Crippen LogP contribution in [0, 0.1) is 0 Å². The quantitative estimate of drug-likeness (QED) is 0.907. The van der Waals surface area contributed by atoms with Gasteiger partial charge in [-0.3, -0.25) is 0 Å². The molecule has 1 heterocycles. The minimum absolute atomic E-state index is 1.05. The van der Waals surface area contributed by atoms with E-state index in [1.807, 2.05) is 0 Å². The molecule has 0 aliphatic carbocycles. The van der Waals surface area contributed by atoms with Gasteiger partial charge < -0.3 is 10.2 Å². The number of nitrogens with zero attached hydrogens (tertiary/aromatic N) is 1. The van der Waals surface area contributed by atoms with E-state index in [1.165, 1.54) is 35.3 Å². The monoisotopic (exact) mass is 266 g/mol. The van der Waals surface area contributed by atoms with Gasteiger partial charge >= 0.3 is 0 Å². The number of fused-ring (bicyclic) bond motifs is 1. The molecule has 1 aliphatic rings. The fraction of sp³-hybridized carbons (Fsp3) is 0.333. The van der Waals surface area contributed by atoms with Gasteiger partial charge in [0.2, 0.25) is 0 Å². The zero-order valence-electron chi connectivity index (χ0n) is 12.1. The molecule has 3 rings (SSSR count). The molecule has 2 aromatic carbocycles. The Morgan fingerprint density at radius 3 is 2.80 bits per heavy atom. The molecular formula is C18H22N2. The summed E-state index contributed by atoms with van der Waals surface area (Å²) in [6, 6.07) is 17.5. The van der Waals surface area contributed by atoms with E-state index in [4.69, 9.17) is 0 Å². The summed E-state index contributed by atoms with van der Waals surface area (Å²) in [6.07, 6.45) is 3.53. The molecule has 20 heavy (non-hydrogen) atoms. The van der Waals surface area contributed by atoms with Crippen LogP contribution < -0.4 is 10.2 Å². The van der Waals surface area contributed by atoms with Crippen LogP contribution >= 0.6 is 0 Å². The normalized spacial score (nSPS) is 13.4. The summed E-state index contributed by atoms with van der Waals surface area (Å²) in [5.74, 6) is 0. The molecule has 0 spiro atoms. The van der Waals surface area contributed by atoms with Gasteiger partial charge in [0.05, 0.1) is 0 Å². The van der Waals surface area contributed by atoms with E-state index in [0.29, 0.717) is 0 Å². The Hall–Kier alpha value is -1.96. The van der Waals surface area contributed by atoms with Crippen molar-refractivity contribution in [2.75, 3.05) is 30.4 Å². The lowest BCUT2D eigenvalue weighted by atomic mass is 10.0. The van der Waals surface area contributed by atoms with E-state index < -0.39 is 0 Å². The molecular weight excluding hydrogens is 244 g/mol. The molecule has 2 aromatic rings. The van der Waals surface area contributed by atoms with Crippen molar-refractivity contribution < 1.29 is 0 Å². The minimum Gasteiger partial charge on any atom is -0.385 e. The average Bonchev–Trinajstić information content (AvgIpc) is 2.53. The molecule has 0 fully saturated rings. The minimum atomic E-state index is 1.05. The third kappa shape index (κ3) is 2.96. The lowest BCUT2D eigenvalue weighted by Crippen LogP contribution is -2.21. The summed E-state index contributed by atoms with van der Waals surface area (Å²) in [4.78, 5) is 2.35. The van der Waals surface area contributed by atoms with Crippen LogP contribution in [-0.4, -0.2) is 20.1 Å². The standard InChI is InChI=1S/C18H22N2/c1-20(13-11-15-6-3-2-4-7-15)17-9-10-18-16(14-17)8-5-12-19-18/h2-4,6-7,9-10,14,19H,5,8,11-13H2,1H3. The predicted molar refractivity (Wildman–Crippen MR) is 86.7 cm³/mol. The van der Waals surface area contributed by atoms with Crippen LogP contribution in [-0.2, 0) is 12.8 Å². The van der Waals surface area contributed by atoms with Crippen molar-refractivity contribution in [2.45, 2.75) is 19.3 Å². The summed E-state index contributed by atoms with van der Waals surface area (Å²) in [6.45, 7) is 2.16. The summed E-state index contributed by atoms with van der Waals surface area (Å²) in [5, 5.41) is 3.47. The molecule has 1 N–H and O–H groups in total. The van der Waals surface area contributed by atoms with Crippen molar-refractivity contribution in [1.29, 1.82) is 0 Å². The Labute approximate surface area is 121 Å². The zero-order valence-corrected chi connectivity index (χ0v) is 12.1. The first-order valence-corrected chi connectivity index (χ1v) is 7.45. The van der Waals surface area contributed by atoms with Crippen LogP contribution in [0.4, 0.5) is 11.4 Å². The van der Waals surface area contributed by atoms with E-state index >= 15 is 0 Å². The third-order valence-electron chi connectivity index (χ3n) is 4.05. The second kappa shape index (κ2) is 6.00. The van der Waals surface area contributed by atoms with Gasteiger partial charge in [0.25, 0.3) is 0 Å². The molecule has 0 aromatic heterocycles. The number of nitrogens with one attached hydrogen (secondary N) is 1. The Bertz CT molecular complexity index is 563. The number of aryl methyl sites for hydroxylation is 1. The molecule has 2 nitrogen and oxygen atoms in total.